The Morgan fingerprint density at radius 1 is 0.811 bits per heavy atom. The minimum Gasteiger partial charge on any atom is -0.434 e. The minimum absolute atomic E-state index is 0.0188. The SMILES string of the molecule is CCCCCc1ccc(C(C)COC(=O)OC2[C@@H](COP(C)(=O)OC3[C@@H](CC)O[C@@H](n4ccc(=O)[nH]c4=O)[C@H]3O[Si](C)(C)C(C)(C)C)O[C@@H](n3ccc(=O)[nH]c3=O)[C@H]2O[Si](C(C)C)(C(C)C)C(C)C)c([N+](=O)[O-])c1. The van der Waals surface area contributed by atoms with Crippen molar-refractivity contribution >= 4 is 36.1 Å². The number of aromatic amines is 2. The molecule has 2 aromatic heterocycles. The van der Waals surface area contributed by atoms with E-state index in [1.54, 1.807) is 19.1 Å². The summed E-state index contributed by atoms with van der Waals surface area (Å²) in [4.78, 5) is 81.8. The molecule has 21 nitrogen and oxygen atoms in total. The molecule has 0 saturated carbocycles. The number of hydrogen-bond donors (Lipinski definition) is 2. The van der Waals surface area contributed by atoms with Crippen LogP contribution in [0.4, 0.5) is 10.5 Å². The van der Waals surface area contributed by atoms with E-state index in [1.165, 1.54) is 29.7 Å². The van der Waals surface area contributed by atoms with Gasteiger partial charge in [0.15, 0.2) is 26.9 Å². The van der Waals surface area contributed by atoms with Crippen LogP contribution in [0.25, 0.3) is 0 Å². The van der Waals surface area contributed by atoms with Crippen molar-refractivity contribution < 1.29 is 51.1 Å². The Bertz CT molecular complexity index is 2680. The smallest absolute Gasteiger partial charge is 0.434 e. The van der Waals surface area contributed by atoms with Crippen molar-refractivity contribution in [3.05, 3.63) is 106 Å². The molecule has 74 heavy (non-hydrogen) atoms. The number of hydrogen-bond acceptors (Lipinski definition) is 16. The van der Waals surface area contributed by atoms with E-state index in [9.17, 15) is 38.7 Å². The number of unbranched alkanes of at least 4 members (excludes halogenated alkanes) is 2. The largest absolute Gasteiger partial charge is 0.508 e. The van der Waals surface area contributed by atoms with Gasteiger partial charge in [-0.25, -0.2) is 14.4 Å². The Hall–Kier alpha value is -4.33. The first-order valence-corrected chi connectivity index (χ1v) is 32.8. The third kappa shape index (κ3) is 14.0. The number of aryl methyl sites for hydroxylation is 1. The zero-order valence-electron chi connectivity index (χ0n) is 45.7. The number of benzene rings is 1. The van der Waals surface area contributed by atoms with Crippen molar-refractivity contribution in [3.63, 3.8) is 0 Å². The van der Waals surface area contributed by atoms with Gasteiger partial charge in [0.1, 0.15) is 31.0 Å². The molecule has 414 valence electrons. The van der Waals surface area contributed by atoms with Crippen molar-refractivity contribution in [2.45, 2.75) is 205 Å². The van der Waals surface area contributed by atoms with E-state index in [2.05, 4.69) is 16.9 Å². The fourth-order valence-corrected chi connectivity index (χ4v) is 18.1. The third-order valence-corrected chi connectivity index (χ3v) is 26.7. The highest BCUT2D eigenvalue weighted by Crippen LogP contribution is 2.53. The maximum atomic E-state index is 14.9. The molecule has 4 unspecified atom stereocenters. The fourth-order valence-electron chi connectivity index (χ4n) is 10.1. The Morgan fingerprint density at radius 3 is 1.84 bits per heavy atom. The molecule has 3 aromatic rings. The second kappa shape index (κ2) is 24.8. The van der Waals surface area contributed by atoms with Crippen molar-refractivity contribution in [2.75, 3.05) is 19.9 Å². The molecule has 0 bridgehead atoms. The number of ether oxygens (including phenoxy) is 4. The standard InChI is InChI=1S/C50H80N5O16PSi2/c1-16-18-19-20-34-21-22-35(36(27-34)55(61)62)33(9)28-64-49(60)68-41-38(67-45(53-25-23-39(56)51-47(53)58)43(41)71-74(30(3)4,31(5)6)32(7)8)29-65-72(13,63)69-42-37(17-2)66-46(54-26-24-40(57)52-48(54)59)44(42)70-73(14,15)50(10,11)12/h21-27,30-33,37-38,41-46H,16-20,28-29H2,1-15H3,(H,51,56,58)(H,52,57,59)/t33?,37-,38-,41?,42?,43+,44+,45-,46-,72?/m1/s1. The van der Waals surface area contributed by atoms with Gasteiger partial charge in [-0.15, -0.1) is 0 Å². The molecule has 0 amide bonds. The van der Waals surface area contributed by atoms with Crippen LogP contribution in [-0.4, -0.2) is 103 Å². The monoisotopic (exact) mass is 1090 g/mol. The number of nitro groups is 1. The first-order valence-electron chi connectivity index (χ1n) is 25.8. The molecule has 2 aliphatic heterocycles. The molecule has 5 rings (SSSR count). The van der Waals surface area contributed by atoms with Crippen LogP contribution in [0, 0.1) is 10.1 Å². The first-order chi connectivity index (χ1) is 34.5. The van der Waals surface area contributed by atoms with Crippen LogP contribution in [0.1, 0.15) is 138 Å². The predicted octanol–water partition coefficient (Wildman–Crippen LogP) is 9.43. The van der Waals surface area contributed by atoms with Gasteiger partial charge in [-0.05, 0) is 59.6 Å². The summed E-state index contributed by atoms with van der Waals surface area (Å²) < 4.78 is 69.0. The summed E-state index contributed by atoms with van der Waals surface area (Å²) in [6.45, 7) is 28.4. The van der Waals surface area contributed by atoms with Gasteiger partial charge in [0.05, 0.1) is 17.6 Å². The van der Waals surface area contributed by atoms with Crippen molar-refractivity contribution in [1.29, 1.82) is 0 Å². The summed E-state index contributed by atoms with van der Waals surface area (Å²) in [5.41, 5.74) is -1.80. The second-order valence-corrected chi connectivity index (χ2v) is 34.3. The van der Waals surface area contributed by atoms with Gasteiger partial charge in [-0.3, -0.25) is 47.9 Å². The molecule has 4 heterocycles. The van der Waals surface area contributed by atoms with Gasteiger partial charge in [0, 0.05) is 48.7 Å². The van der Waals surface area contributed by atoms with Crippen LogP contribution in [0.15, 0.2) is 61.9 Å². The molecule has 10 atom stereocenters. The summed E-state index contributed by atoms with van der Waals surface area (Å²) in [5.74, 6) is -0.643. The molecular weight excluding hydrogens is 1010 g/mol. The fraction of sp³-hybridized carbons (Fsp3) is 0.700. The van der Waals surface area contributed by atoms with E-state index in [4.69, 9.17) is 36.8 Å². The predicted molar refractivity (Wildman–Crippen MR) is 284 cm³/mol. The molecule has 24 heteroatoms. The highest BCUT2D eigenvalue weighted by atomic mass is 31.2. The lowest BCUT2D eigenvalue weighted by Gasteiger charge is -2.45. The van der Waals surface area contributed by atoms with Crippen LogP contribution in [0.5, 0.6) is 0 Å². The minimum atomic E-state index is -4.23. The molecular formula is C50H80N5O16PSi2. The Balaban J connectivity index is 1.52. The van der Waals surface area contributed by atoms with E-state index < -0.39 is 119 Å². The molecule has 2 N–H and O–H groups in total. The highest BCUT2D eigenvalue weighted by Gasteiger charge is 2.57. The number of rotatable bonds is 24. The van der Waals surface area contributed by atoms with E-state index in [-0.39, 0.29) is 34.0 Å². The third-order valence-electron chi connectivity index (χ3n) is 14.9. The molecule has 1 aromatic carbocycles. The summed E-state index contributed by atoms with van der Waals surface area (Å²) in [6.07, 6.45) is -3.99. The molecule has 0 radical (unpaired) electrons. The van der Waals surface area contributed by atoms with Crippen molar-refractivity contribution in [3.8, 4) is 0 Å². The van der Waals surface area contributed by atoms with E-state index in [0.717, 1.165) is 35.5 Å². The number of carbonyl (C=O) groups is 1. The lowest BCUT2D eigenvalue weighted by atomic mass is 9.96. The quantitative estimate of drug-likeness (QED) is 0.0211. The van der Waals surface area contributed by atoms with Crippen LogP contribution in [-0.2, 0) is 47.8 Å². The lowest BCUT2D eigenvalue weighted by Crippen LogP contribution is -2.54. The zero-order chi connectivity index (χ0) is 55.2. The summed E-state index contributed by atoms with van der Waals surface area (Å²) in [6, 6.07) is 7.41. The number of nitro benzene ring substituents is 1. The Kier molecular flexibility index (Phi) is 20.3. The van der Waals surface area contributed by atoms with E-state index in [0.29, 0.717) is 18.4 Å². The average molecular weight is 1090 g/mol. The van der Waals surface area contributed by atoms with Crippen molar-refractivity contribution in [2.24, 2.45) is 0 Å². The molecule has 0 spiro atoms. The number of aromatic nitrogens is 4. The normalized spacial score (nSPS) is 23.9. The van der Waals surface area contributed by atoms with Gasteiger partial charge in [-0.2, -0.15) is 0 Å². The number of H-pyrrole nitrogens is 2. The van der Waals surface area contributed by atoms with Crippen LogP contribution in [0.3, 0.4) is 0 Å². The molecule has 2 fully saturated rings. The van der Waals surface area contributed by atoms with Crippen molar-refractivity contribution in [1.82, 2.24) is 19.1 Å². The van der Waals surface area contributed by atoms with Gasteiger partial charge in [-0.1, -0.05) is 108 Å². The molecule has 0 aliphatic carbocycles. The zero-order valence-corrected chi connectivity index (χ0v) is 48.6. The number of carbonyl (C=O) groups excluding carboxylic acids is 1. The molecule has 2 aliphatic rings. The summed E-state index contributed by atoms with van der Waals surface area (Å²) in [7, 11) is -9.89. The van der Waals surface area contributed by atoms with Gasteiger partial charge in [0.25, 0.3) is 16.8 Å². The van der Waals surface area contributed by atoms with E-state index in [1.807, 2.05) is 88.4 Å². The lowest BCUT2D eigenvalue weighted by molar-refractivity contribution is -0.385. The highest BCUT2D eigenvalue weighted by molar-refractivity contribution is 7.53. The Labute approximate surface area is 435 Å². The topological polar surface area (TPSA) is 261 Å². The van der Waals surface area contributed by atoms with Crippen LogP contribution >= 0.6 is 7.60 Å². The maximum absolute atomic E-state index is 14.9. The average Bonchev–Trinajstić information content (AvgIpc) is 3.80. The number of nitrogens with one attached hydrogen (secondary N) is 2. The summed E-state index contributed by atoms with van der Waals surface area (Å²) in [5, 5.41) is 12.0. The number of nitrogens with zero attached hydrogens (tertiary/aromatic N) is 3. The van der Waals surface area contributed by atoms with Crippen LogP contribution in [0.2, 0.25) is 34.8 Å². The maximum Gasteiger partial charge on any atom is 0.508 e. The molecule has 2 saturated heterocycles. The Morgan fingerprint density at radius 2 is 1.35 bits per heavy atom. The first kappa shape index (κ1) is 60.5. The summed E-state index contributed by atoms with van der Waals surface area (Å²) >= 11 is 0. The van der Waals surface area contributed by atoms with Crippen LogP contribution < -0.4 is 22.5 Å². The van der Waals surface area contributed by atoms with Gasteiger partial charge >= 0.3 is 25.1 Å². The van der Waals surface area contributed by atoms with E-state index >= 15 is 0 Å². The van der Waals surface area contributed by atoms with Gasteiger partial charge in [0.2, 0.25) is 8.32 Å². The second-order valence-electron chi connectivity index (χ2n) is 22.1. The van der Waals surface area contributed by atoms with Gasteiger partial charge < -0.3 is 32.3 Å².